The molecule has 2 aromatic rings. The lowest BCUT2D eigenvalue weighted by atomic mass is 10.0. The average Bonchev–Trinajstić information content (AvgIpc) is 2.82. The lowest BCUT2D eigenvalue weighted by molar-refractivity contribution is -0.123. The summed E-state index contributed by atoms with van der Waals surface area (Å²) in [6, 6.07) is 7.02. The molecule has 34 heavy (non-hydrogen) atoms. The van der Waals surface area contributed by atoms with Crippen molar-refractivity contribution >= 4 is 29.4 Å². The fourth-order valence-electron chi connectivity index (χ4n) is 3.20. The van der Waals surface area contributed by atoms with Gasteiger partial charge in [0.25, 0.3) is 0 Å². The maximum absolute atomic E-state index is 13.1. The fourth-order valence-corrected chi connectivity index (χ4v) is 3.20. The number of nitrogens with one attached hydrogen (secondary N) is 1. The minimum Gasteiger partial charge on any atom is -0.495 e. The molecule has 0 aliphatic rings. The van der Waals surface area contributed by atoms with Gasteiger partial charge in [-0.1, -0.05) is 6.07 Å². The van der Waals surface area contributed by atoms with E-state index in [9.17, 15) is 14.4 Å². The van der Waals surface area contributed by atoms with E-state index in [4.69, 9.17) is 30.4 Å². The first-order chi connectivity index (χ1) is 16.1. The Labute approximate surface area is 197 Å². The van der Waals surface area contributed by atoms with Gasteiger partial charge in [0, 0.05) is 5.56 Å². The predicted molar refractivity (Wildman–Crippen MR) is 127 cm³/mol. The zero-order valence-corrected chi connectivity index (χ0v) is 19.8. The van der Waals surface area contributed by atoms with Gasteiger partial charge in [-0.25, -0.2) is 0 Å². The van der Waals surface area contributed by atoms with Gasteiger partial charge in [-0.2, -0.15) is 0 Å². The molecule has 2 amide bonds. The number of primary amides is 1. The van der Waals surface area contributed by atoms with Crippen LogP contribution in [-0.2, 0) is 9.59 Å². The van der Waals surface area contributed by atoms with Crippen LogP contribution in [-0.4, -0.2) is 52.1 Å². The molecule has 182 valence electrons. The number of benzene rings is 2. The summed E-state index contributed by atoms with van der Waals surface area (Å²) in [7, 11) is 5.87. The second-order valence-corrected chi connectivity index (χ2v) is 7.30. The summed E-state index contributed by atoms with van der Waals surface area (Å²) in [5, 5.41) is 2.63. The van der Waals surface area contributed by atoms with Crippen LogP contribution in [0.1, 0.15) is 29.3 Å². The zero-order chi connectivity index (χ0) is 25.4. The Hall–Kier alpha value is -4.05. The molecule has 0 aromatic heterocycles. The summed E-state index contributed by atoms with van der Waals surface area (Å²) >= 11 is 0. The van der Waals surface area contributed by atoms with Crippen LogP contribution in [0.15, 0.2) is 35.9 Å². The molecule has 0 saturated carbocycles. The number of hydrogen-bond acceptors (Lipinski definition) is 8. The van der Waals surface area contributed by atoms with Crippen LogP contribution in [0, 0.1) is 0 Å². The smallest absolute Gasteiger partial charge is 0.241 e. The predicted octanol–water partition coefficient (Wildman–Crippen LogP) is 2.15. The summed E-state index contributed by atoms with van der Waals surface area (Å²) in [5.41, 5.74) is 12.5. The number of methoxy groups -OCH3 is 4. The average molecular weight is 472 g/mol. The molecular formula is C24H29N3O7. The molecule has 0 aliphatic carbocycles. The summed E-state index contributed by atoms with van der Waals surface area (Å²) in [6.07, 6.45) is 1.36. The van der Waals surface area contributed by atoms with Gasteiger partial charge in [0.15, 0.2) is 17.3 Å². The van der Waals surface area contributed by atoms with Crippen molar-refractivity contribution in [1.82, 2.24) is 0 Å². The molecule has 0 bridgehead atoms. The van der Waals surface area contributed by atoms with Crippen molar-refractivity contribution in [3.8, 4) is 23.0 Å². The van der Waals surface area contributed by atoms with E-state index < -0.39 is 17.9 Å². The minimum absolute atomic E-state index is 0.260. The Balaban J connectivity index is 2.36. The van der Waals surface area contributed by atoms with Gasteiger partial charge < -0.3 is 35.7 Å². The van der Waals surface area contributed by atoms with Gasteiger partial charge in [0.05, 0.1) is 46.6 Å². The first-order valence-corrected chi connectivity index (χ1v) is 10.2. The summed E-state index contributed by atoms with van der Waals surface area (Å²) in [6.45, 7) is 1.66. The van der Waals surface area contributed by atoms with Crippen molar-refractivity contribution in [2.45, 2.75) is 19.4 Å². The second-order valence-electron chi connectivity index (χ2n) is 7.30. The van der Waals surface area contributed by atoms with Gasteiger partial charge >= 0.3 is 0 Å². The van der Waals surface area contributed by atoms with Gasteiger partial charge in [-0.3, -0.25) is 14.4 Å². The molecule has 10 heteroatoms. The lowest BCUT2D eigenvalue weighted by Gasteiger charge is -2.15. The van der Waals surface area contributed by atoms with Crippen molar-refractivity contribution in [3.63, 3.8) is 0 Å². The molecule has 0 radical (unpaired) electrons. The number of rotatable bonds is 11. The highest BCUT2D eigenvalue weighted by atomic mass is 16.5. The number of ketones is 1. The quantitative estimate of drug-likeness (QED) is 0.333. The monoisotopic (exact) mass is 471 g/mol. The number of anilines is 1. The molecule has 2 aromatic carbocycles. The number of allylic oxidation sites excluding steroid dienone is 1. The highest BCUT2D eigenvalue weighted by Crippen LogP contribution is 2.38. The number of ether oxygens (including phenoxy) is 4. The fraction of sp³-hybridized carbons (Fsp3) is 0.292. The molecule has 0 saturated heterocycles. The first kappa shape index (κ1) is 26.2. The van der Waals surface area contributed by atoms with Gasteiger partial charge in [-0.05, 0) is 48.4 Å². The molecule has 1 atom stereocenters. The number of Topliss-reactive ketones (excluding diaryl/α,β-unsaturated/α-hetero) is 1. The van der Waals surface area contributed by atoms with Gasteiger partial charge in [-0.15, -0.1) is 0 Å². The molecule has 0 spiro atoms. The number of carbonyl (C=O) groups excluding carboxylic acids is 3. The largest absolute Gasteiger partial charge is 0.495 e. The van der Waals surface area contributed by atoms with Crippen molar-refractivity contribution in [3.05, 3.63) is 47.0 Å². The zero-order valence-electron chi connectivity index (χ0n) is 19.8. The first-order valence-electron chi connectivity index (χ1n) is 10.2. The van der Waals surface area contributed by atoms with E-state index in [0.717, 1.165) is 0 Å². The maximum atomic E-state index is 13.1. The molecule has 5 N–H and O–H groups in total. The van der Waals surface area contributed by atoms with Crippen LogP contribution < -0.4 is 35.7 Å². The van der Waals surface area contributed by atoms with Crippen molar-refractivity contribution in [2.75, 3.05) is 33.8 Å². The molecular weight excluding hydrogens is 442 g/mol. The van der Waals surface area contributed by atoms with E-state index in [-0.39, 0.29) is 12.2 Å². The van der Waals surface area contributed by atoms with Gasteiger partial charge in [0.1, 0.15) is 5.75 Å². The molecule has 10 nitrogen and oxygen atoms in total. The second kappa shape index (κ2) is 11.7. The molecule has 0 aliphatic heterocycles. The standard InChI is InChI=1S/C24H29N3O7/c1-13(22(29)15-10-19(32-3)23(34-5)20(11-15)33-4)8-14-6-7-18(31-2)17(9-14)27-24(30)16(25)12-21(26)28/h6-11,16H,12,25H2,1-5H3,(H2,26,28)(H,27,30). The van der Waals surface area contributed by atoms with Crippen molar-refractivity contribution in [1.29, 1.82) is 0 Å². The highest BCUT2D eigenvalue weighted by Gasteiger charge is 2.19. The Morgan fingerprint density at radius 3 is 2.03 bits per heavy atom. The third kappa shape index (κ3) is 6.26. The van der Waals surface area contributed by atoms with E-state index in [2.05, 4.69) is 5.32 Å². The van der Waals surface area contributed by atoms with E-state index in [0.29, 0.717) is 45.4 Å². The van der Waals surface area contributed by atoms with E-state index in [1.807, 2.05) is 0 Å². The SMILES string of the molecule is COc1ccc(C=C(C)C(=O)c2cc(OC)c(OC)c(OC)c2)cc1NC(=O)C(N)CC(N)=O. The van der Waals surface area contributed by atoms with Crippen LogP contribution in [0.5, 0.6) is 23.0 Å². The van der Waals surface area contributed by atoms with E-state index >= 15 is 0 Å². The minimum atomic E-state index is -1.11. The third-order valence-electron chi connectivity index (χ3n) is 4.91. The Morgan fingerprint density at radius 2 is 1.53 bits per heavy atom. The van der Waals surface area contributed by atoms with E-state index in [1.54, 1.807) is 43.3 Å². The number of amides is 2. The molecule has 1 unspecified atom stereocenters. The summed E-state index contributed by atoms with van der Waals surface area (Å²) in [4.78, 5) is 36.4. The number of hydrogen-bond donors (Lipinski definition) is 3. The lowest BCUT2D eigenvalue weighted by Crippen LogP contribution is -2.39. The normalized spacial score (nSPS) is 11.9. The molecule has 0 fully saturated rings. The Morgan fingerprint density at radius 1 is 0.941 bits per heavy atom. The Bertz CT molecular complexity index is 1090. The number of nitrogens with two attached hydrogens (primary N) is 2. The van der Waals surface area contributed by atoms with E-state index in [1.165, 1.54) is 28.4 Å². The van der Waals surface area contributed by atoms with Crippen molar-refractivity contribution < 1.29 is 33.3 Å². The van der Waals surface area contributed by atoms with Crippen LogP contribution in [0.25, 0.3) is 6.08 Å². The van der Waals surface area contributed by atoms with Crippen LogP contribution in [0.3, 0.4) is 0 Å². The van der Waals surface area contributed by atoms with Crippen molar-refractivity contribution in [2.24, 2.45) is 11.5 Å². The van der Waals surface area contributed by atoms with Crippen LogP contribution >= 0.6 is 0 Å². The maximum Gasteiger partial charge on any atom is 0.241 e. The summed E-state index contributed by atoms with van der Waals surface area (Å²) in [5.74, 6) is -0.0574. The third-order valence-corrected chi connectivity index (χ3v) is 4.91. The van der Waals surface area contributed by atoms with Gasteiger partial charge in [0.2, 0.25) is 17.6 Å². The number of carbonyl (C=O) groups is 3. The Kier molecular flexibility index (Phi) is 9.02. The van der Waals surface area contributed by atoms with Crippen LogP contribution in [0.4, 0.5) is 5.69 Å². The summed E-state index contributed by atoms with van der Waals surface area (Å²) < 4.78 is 21.2. The molecule has 0 heterocycles. The highest BCUT2D eigenvalue weighted by molar-refractivity contribution is 6.11. The topological polar surface area (TPSA) is 152 Å². The molecule has 2 rings (SSSR count). The van der Waals surface area contributed by atoms with Crippen LogP contribution in [0.2, 0.25) is 0 Å².